The molecule has 0 saturated carbocycles. The number of pyridine rings is 1. The van der Waals surface area contributed by atoms with Crippen LogP contribution in [0, 0.1) is 13.8 Å². The molecule has 0 amide bonds. The molecule has 18 heavy (non-hydrogen) atoms. The van der Waals surface area contributed by atoms with Crippen LogP contribution in [0.2, 0.25) is 5.02 Å². The lowest BCUT2D eigenvalue weighted by atomic mass is 10.1. The van der Waals surface area contributed by atoms with Gasteiger partial charge in [0.1, 0.15) is 5.03 Å². The van der Waals surface area contributed by atoms with Crippen LogP contribution in [0.15, 0.2) is 35.5 Å². The minimum Gasteiger partial charge on any atom is -0.397 e. The third kappa shape index (κ3) is 3.40. The Kier molecular flexibility index (Phi) is 4.15. The van der Waals surface area contributed by atoms with E-state index in [-0.39, 0.29) is 0 Å². The Bertz CT molecular complexity index is 549. The van der Waals surface area contributed by atoms with Gasteiger partial charge in [-0.25, -0.2) is 4.98 Å². The lowest BCUT2D eigenvalue weighted by Gasteiger charge is -2.06. The molecule has 0 unspecified atom stereocenters. The number of halogens is 1. The fourth-order valence-corrected chi connectivity index (χ4v) is 2.98. The molecular weight excluding hydrogens is 264 g/mol. The van der Waals surface area contributed by atoms with Crippen LogP contribution in [-0.2, 0) is 5.75 Å². The summed E-state index contributed by atoms with van der Waals surface area (Å²) in [5.74, 6) is 0.860. The van der Waals surface area contributed by atoms with Crippen LogP contribution in [0.4, 0.5) is 5.69 Å². The van der Waals surface area contributed by atoms with Crippen molar-refractivity contribution in [3.8, 4) is 0 Å². The van der Waals surface area contributed by atoms with Crippen LogP contribution < -0.4 is 5.73 Å². The van der Waals surface area contributed by atoms with Crippen molar-refractivity contribution in [3.63, 3.8) is 0 Å². The van der Waals surface area contributed by atoms with E-state index in [1.165, 1.54) is 16.7 Å². The number of aryl methyl sites for hydroxylation is 2. The van der Waals surface area contributed by atoms with Crippen LogP contribution in [0.5, 0.6) is 0 Å². The quantitative estimate of drug-likeness (QED) is 0.854. The third-order valence-corrected chi connectivity index (χ3v) is 3.96. The number of nitrogen functional groups attached to an aromatic ring is 1. The predicted octanol–water partition coefficient (Wildman–Crippen LogP) is 4.23. The van der Waals surface area contributed by atoms with Crippen LogP contribution in [0.1, 0.15) is 16.7 Å². The average Bonchev–Trinajstić information content (AvgIpc) is 2.26. The van der Waals surface area contributed by atoms with E-state index in [9.17, 15) is 0 Å². The molecule has 1 aromatic heterocycles. The molecule has 0 saturated heterocycles. The fourth-order valence-electron chi connectivity index (χ4n) is 1.85. The molecule has 94 valence electrons. The number of aromatic nitrogens is 1. The zero-order valence-corrected chi connectivity index (χ0v) is 12.0. The van der Waals surface area contributed by atoms with Gasteiger partial charge in [-0.1, -0.05) is 40.9 Å². The van der Waals surface area contributed by atoms with Crippen LogP contribution >= 0.6 is 23.4 Å². The van der Waals surface area contributed by atoms with E-state index in [1.807, 2.05) is 0 Å². The molecule has 0 spiro atoms. The van der Waals surface area contributed by atoms with E-state index in [2.05, 4.69) is 37.0 Å². The molecule has 0 aliphatic heterocycles. The van der Waals surface area contributed by atoms with E-state index >= 15 is 0 Å². The molecule has 0 bridgehead atoms. The molecular formula is C14H15ClN2S. The number of benzene rings is 1. The normalized spacial score (nSPS) is 10.6. The number of anilines is 1. The molecule has 0 fully saturated rings. The maximum atomic E-state index is 6.09. The Morgan fingerprint density at radius 3 is 2.44 bits per heavy atom. The predicted molar refractivity (Wildman–Crippen MR) is 79.1 cm³/mol. The molecule has 2 nitrogen and oxygen atoms in total. The molecule has 2 rings (SSSR count). The van der Waals surface area contributed by atoms with E-state index in [4.69, 9.17) is 17.3 Å². The van der Waals surface area contributed by atoms with Crippen LogP contribution in [0.3, 0.4) is 0 Å². The molecule has 0 radical (unpaired) electrons. The number of rotatable bonds is 3. The van der Waals surface area contributed by atoms with Gasteiger partial charge in [0.15, 0.2) is 0 Å². The van der Waals surface area contributed by atoms with E-state index in [0.29, 0.717) is 10.7 Å². The highest BCUT2D eigenvalue weighted by atomic mass is 35.5. The zero-order chi connectivity index (χ0) is 13.1. The molecule has 2 aromatic rings. The SMILES string of the molecule is Cc1cc(C)cc(CSc2ncc(N)cc2Cl)c1. The molecule has 0 aliphatic rings. The van der Waals surface area contributed by atoms with Crippen LogP contribution in [0.25, 0.3) is 0 Å². The number of hydrogen-bond donors (Lipinski definition) is 1. The minimum absolute atomic E-state index is 0.593. The first-order valence-electron chi connectivity index (χ1n) is 5.65. The summed E-state index contributed by atoms with van der Waals surface area (Å²) in [5, 5.41) is 1.44. The van der Waals surface area contributed by atoms with Crippen molar-refractivity contribution in [2.45, 2.75) is 24.6 Å². The highest BCUT2D eigenvalue weighted by Crippen LogP contribution is 2.29. The largest absolute Gasteiger partial charge is 0.397 e. The van der Waals surface area contributed by atoms with Gasteiger partial charge in [-0.3, -0.25) is 0 Å². The van der Waals surface area contributed by atoms with Crippen LogP contribution in [-0.4, -0.2) is 4.98 Å². The van der Waals surface area contributed by atoms with Gasteiger partial charge in [0, 0.05) is 5.75 Å². The van der Waals surface area contributed by atoms with Crippen molar-refractivity contribution < 1.29 is 0 Å². The topological polar surface area (TPSA) is 38.9 Å². The second kappa shape index (κ2) is 5.63. The first-order chi connectivity index (χ1) is 8.54. The van der Waals surface area contributed by atoms with E-state index in [0.717, 1.165) is 10.8 Å². The Labute approximate surface area is 117 Å². The standard InChI is InChI=1S/C14H15ClN2S/c1-9-3-10(2)5-11(4-9)8-18-14-13(15)6-12(16)7-17-14/h3-7H,8,16H2,1-2H3. The maximum absolute atomic E-state index is 6.09. The second-order valence-electron chi connectivity index (χ2n) is 4.34. The molecule has 1 heterocycles. The van der Waals surface area contributed by atoms with Crippen molar-refractivity contribution in [1.29, 1.82) is 0 Å². The Balaban J connectivity index is 2.11. The highest BCUT2D eigenvalue weighted by Gasteiger charge is 2.04. The summed E-state index contributed by atoms with van der Waals surface area (Å²) in [4.78, 5) is 4.24. The Hall–Kier alpha value is -1.19. The zero-order valence-electron chi connectivity index (χ0n) is 10.4. The first-order valence-corrected chi connectivity index (χ1v) is 7.02. The molecule has 0 atom stereocenters. The van der Waals surface area contributed by atoms with Crippen molar-refractivity contribution in [3.05, 3.63) is 52.2 Å². The second-order valence-corrected chi connectivity index (χ2v) is 5.71. The number of thioether (sulfide) groups is 1. The smallest absolute Gasteiger partial charge is 0.115 e. The summed E-state index contributed by atoms with van der Waals surface area (Å²) in [6.07, 6.45) is 1.63. The van der Waals surface area contributed by atoms with Crippen molar-refractivity contribution in [2.24, 2.45) is 0 Å². The van der Waals surface area contributed by atoms with Gasteiger partial charge in [0.05, 0.1) is 16.9 Å². The summed E-state index contributed by atoms with van der Waals surface area (Å²) in [7, 11) is 0. The lowest BCUT2D eigenvalue weighted by molar-refractivity contribution is 1.13. The van der Waals surface area contributed by atoms with Gasteiger partial charge in [-0.05, 0) is 25.5 Å². The summed E-state index contributed by atoms with van der Waals surface area (Å²) in [6, 6.07) is 8.28. The molecule has 1 aromatic carbocycles. The van der Waals surface area contributed by atoms with Gasteiger partial charge in [-0.2, -0.15) is 0 Å². The fraction of sp³-hybridized carbons (Fsp3) is 0.214. The number of nitrogens with zero attached hydrogens (tertiary/aromatic N) is 1. The van der Waals surface area contributed by atoms with Crippen molar-refractivity contribution in [2.75, 3.05) is 5.73 Å². The Morgan fingerprint density at radius 2 is 1.83 bits per heavy atom. The van der Waals surface area contributed by atoms with E-state index < -0.39 is 0 Å². The lowest BCUT2D eigenvalue weighted by Crippen LogP contribution is -1.90. The summed E-state index contributed by atoms with van der Waals surface area (Å²) < 4.78 is 0. The molecule has 0 aliphatic carbocycles. The molecule has 2 N–H and O–H groups in total. The van der Waals surface area contributed by atoms with Gasteiger partial charge in [0.25, 0.3) is 0 Å². The van der Waals surface area contributed by atoms with Crippen molar-refractivity contribution in [1.82, 2.24) is 4.98 Å². The van der Waals surface area contributed by atoms with Gasteiger partial charge >= 0.3 is 0 Å². The average molecular weight is 279 g/mol. The maximum Gasteiger partial charge on any atom is 0.115 e. The van der Waals surface area contributed by atoms with E-state index in [1.54, 1.807) is 24.0 Å². The summed E-state index contributed by atoms with van der Waals surface area (Å²) in [6.45, 7) is 4.21. The van der Waals surface area contributed by atoms with Gasteiger partial charge < -0.3 is 5.73 Å². The third-order valence-electron chi connectivity index (χ3n) is 2.49. The Morgan fingerprint density at radius 1 is 1.17 bits per heavy atom. The van der Waals surface area contributed by atoms with Crippen molar-refractivity contribution >= 4 is 29.1 Å². The summed E-state index contributed by atoms with van der Waals surface area (Å²) in [5.41, 5.74) is 10.1. The number of nitrogens with two attached hydrogens (primary N) is 1. The van der Waals surface area contributed by atoms with Gasteiger partial charge in [0.2, 0.25) is 0 Å². The number of hydrogen-bond acceptors (Lipinski definition) is 3. The first kappa shape index (κ1) is 13.2. The highest BCUT2D eigenvalue weighted by molar-refractivity contribution is 7.98. The molecule has 4 heteroatoms. The monoisotopic (exact) mass is 278 g/mol. The van der Waals surface area contributed by atoms with Gasteiger partial charge in [-0.15, -0.1) is 11.8 Å². The summed E-state index contributed by atoms with van der Waals surface area (Å²) >= 11 is 7.72. The minimum atomic E-state index is 0.593.